The Morgan fingerprint density at radius 1 is 1.19 bits per heavy atom. The fourth-order valence-electron chi connectivity index (χ4n) is 2.95. The maximum atomic E-state index is 12.9. The van der Waals surface area contributed by atoms with Crippen LogP contribution in [0.25, 0.3) is 6.08 Å². The van der Waals surface area contributed by atoms with E-state index in [1.54, 1.807) is 30.3 Å². The Labute approximate surface area is 162 Å². The molecule has 0 bridgehead atoms. The number of hydrogen-bond donors (Lipinski definition) is 2. The molecule has 1 heterocycles. The molecule has 0 atom stereocenters. The molecule has 0 saturated heterocycles. The summed E-state index contributed by atoms with van der Waals surface area (Å²) in [5.41, 5.74) is 1.92. The lowest BCUT2D eigenvalue weighted by molar-refractivity contribution is -0.136. The van der Waals surface area contributed by atoms with E-state index in [2.05, 4.69) is 0 Å². The average molecular weight is 383 g/mol. The molecule has 0 unspecified atom stereocenters. The van der Waals surface area contributed by atoms with Crippen molar-refractivity contribution < 1.29 is 19.8 Å². The number of aliphatic carboxylic acids is 1. The third kappa shape index (κ3) is 4.01. The van der Waals surface area contributed by atoms with E-state index in [1.165, 1.54) is 16.7 Å². The SMILES string of the molecule is CC(C)(C)c1cc(C=C2Sc3ccccc3N(CC(=O)O)C2=O)ccc1O. The molecule has 2 N–H and O–H groups in total. The highest BCUT2D eigenvalue weighted by Gasteiger charge is 2.30. The molecule has 2 aromatic rings. The van der Waals surface area contributed by atoms with Crippen molar-refractivity contribution in [2.45, 2.75) is 31.1 Å². The van der Waals surface area contributed by atoms with Gasteiger partial charge in [-0.05, 0) is 46.9 Å². The van der Waals surface area contributed by atoms with E-state index in [0.29, 0.717) is 10.6 Å². The first-order valence-corrected chi connectivity index (χ1v) is 9.34. The number of hydrogen-bond acceptors (Lipinski definition) is 4. The van der Waals surface area contributed by atoms with Crippen LogP contribution < -0.4 is 4.90 Å². The number of carbonyl (C=O) groups excluding carboxylic acids is 1. The van der Waals surface area contributed by atoms with Crippen LogP contribution in [0.3, 0.4) is 0 Å². The molecule has 1 amide bonds. The Hall–Kier alpha value is -2.73. The molecule has 0 saturated carbocycles. The van der Waals surface area contributed by atoms with Crippen molar-refractivity contribution in [2.75, 3.05) is 11.4 Å². The van der Waals surface area contributed by atoms with Crippen molar-refractivity contribution in [1.82, 2.24) is 0 Å². The number of para-hydroxylation sites is 1. The topological polar surface area (TPSA) is 77.8 Å². The summed E-state index contributed by atoms with van der Waals surface area (Å²) in [7, 11) is 0. The first-order valence-electron chi connectivity index (χ1n) is 8.52. The van der Waals surface area contributed by atoms with E-state index in [-0.39, 0.29) is 17.1 Å². The van der Waals surface area contributed by atoms with Crippen LogP contribution in [0.5, 0.6) is 5.75 Å². The summed E-state index contributed by atoms with van der Waals surface area (Å²) in [5.74, 6) is -1.19. The summed E-state index contributed by atoms with van der Waals surface area (Å²) in [6, 6.07) is 12.5. The Morgan fingerprint density at radius 3 is 2.56 bits per heavy atom. The number of fused-ring (bicyclic) bond motifs is 1. The molecule has 2 aromatic carbocycles. The minimum Gasteiger partial charge on any atom is -0.508 e. The Balaban J connectivity index is 2.05. The van der Waals surface area contributed by atoms with Gasteiger partial charge in [0.05, 0.1) is 10.6 Å². The van der Waals surface area contributed by atoms with Gasteiger partial charge >= 0.3 is 5.97 Å². The second-order valence-electron chi connectivity index (χ2n) is 7.39. The van der Waals surface area contributed by atoms with Gasteiger partial charge in [0.1, 0.15) is 12.3 Å². The van der Waals surface area contributed by atoms with Crippen LogP contribution in [0, 0.1) is 0 Å². The quantitative estimate of drug-likeness (QED) is 0.775. The Morgan fingerprint density at radius 2 is 1.89 bits per heavy atom. The van der Waals surface area contributed by atoms with Crippen molar-refractivity contribution in [3.05, 3.63) is 58.5 Å². The molecule has 0 spiro atoms. The normalized spacial score (nSPS) is 15.7. The van der Waals surface area contributed by atoms with Gasteiger partial charge in [-0.15, -0.1) is 0 Å². The number of amides is 1. The lowest BCUT2D eigenvalue weighted by Crippen LogP contribution is -2.38. The molecular formula is C21H21NO4S. The standard InChI is InChI=1S/C21H21NO4S/c1-21(2,3)14-10-13(8-9-16(14)23)11-18-20(26)22(12-19(24)25)15-6-4-5-7-17(15)27-18/h4-11,23H,12H2,1-3H3,(H,24,25). The lowest BCUT2D eigenvalue weighted by atomic mass is 9.85. The number of aromatic hydroxyl groups is 1. The monoisotopic (exact) mass is 383 g/mol. The van der Waals surface area contributed by atoms with Gasteiger partial charge < -0.3 is 10.2 Å². The van der Waals surface area contributed by atoms with Gasteiger partial charge in [-0.1, -0.05) is 50.7 Å². The molecule has 3 rings (SSSR count). The molecule has 0 radical (unpaired) electrons. The van der Waals surface area contributed by atoms with Crippen LogP contribution in [-0.4, -0.2) is 28.6 Å². The number of thioether (sulfide) groups is 1. The van der Waals surface area contributed by atoms with E-state index in [0.717, 1.165) is 16.0 Å². The Bertz CT molecular complexity index is 943. The first-order chi connectivity index (χ1) is 12.7. The number of carbonyl (C=O) groups is 2. The highest BCUT2D eigenvalue weighted by atomic mass is 32.2. The number of phenolic OH excluding ortho intramolecular Hbond substituents is 1. The van der Waals surface area contributed by atoms with Gasteiger partial charge in [0.2, 0.25) is 0 Å². The summed E-state index contributed by atoms with van der Waals surface area (Å²) < 4.78 is 0. The minimum atomic E-state index is -1.07. The molecule has 1 aliphatic rings. The van der Waals surface area contributed by atoms with E-state index < -0.39 is 12.5 Å². The predicted octanol–water partition coefficient (Wildman–Crippen LogP) is 4.25. The first kappa shape index (κ1) is 19.0. The van der Waals surface area contributed by atoms with Crippen LogP contribution in [0.4, 0.5) is 5.69 Å². The number of carboxylic acids is 1. The van der Waals surface area contributed by atoms with Crippen LogP contribution in [0.15, 0.2) is 52.3 Å². The highest BCUT2D eigenvalue weighted by molar-refractivity contribution is 8.04. The molecule has 6 heteroatoms. The van der Waals surface area contributed by atoms with E-state index in [9.17, 15) is 19.8 Å². The van der Waals surface area contributed by atoms with E-state index in [1.807, 2.05) is 39.0 Å². The number of phenols is 1. The molecule has 1 aliphatic heterocycles. The van der Waals surface area contributed by atoms with Crippen LogP contribution in [0.2, 0.25) is 0 Å². The number of nitrogens with zero attached hydrogens (tertiary/aromatic N) is 1. The maximum absolute atomic E-state index is 12.9. The lowest BCUT2D eigenvalue weighted by Gasteiger charge is -2.29. The second-order valence-corrected chi connectivity index (χ2v) is 8.47. The molecule has 0 fully saturated rings. The zero-order valence-corrected chi connectivity index (χ0v) is 16.2. The van der Waals surface area contributed by atoms with Crippen molar-refractivity contribution in [2.24, 2.45) is 0 Å². The van der Waals surface area contributed by atoms with E-state index in [4.69, 9.17) is 0 Å². The van der Waals surface area contributed by atoms with Crippen molar-refractivity contribution in [3.63, 3.8) is 0 Å². The van der Waals surface area contributed by atoms with Gasteiger partial charge in [-0.2, -0.15) is 0 Å². The molecule has 0 aromatic heterocycles. The fourth-order valence-corrected chi connectivity index (χ4v) is 4.01. The third-order valence-electron chi connectivity index (χ3n) is 4.25. The number of rotatable bonds is 3. The van der Waals surface area contributed by atoms with Gasteiger partial charge in [0.25, 0.3) is 5.91 Å². The smallest absolute Gasteiger partial charge is 0.323 e. The molecule has 140 valence electrons. The average Bonchev–Trinajstić information content (AvgIpc) is 2.59. The summed E-state index contributed by atoms with van der Waals surface area (Å²) in [5, 5.41) is 19.3. The summed E-state index contributed by atoms with van der Waals surface area (Å²) in [6.45, 7) is 5.62. The predicted molar refractivity (Wildman–Crippen MR) is 107 cm³/mol. The van der Waals surface area contributed by atoms with Crippen molar-refractivity contribution >= 4 is 35.4 Å². The zero-order chi connectivity index (χ0) is 19.8. The van der Waals surface area contributed by atoms with Crippen LogP contribution >= 0.6 is 11.8 Å². The Kier molecular flexibility index (Phi) is 5.02. The second kappa shape index (κ2) is 7.12. The van der Waals surface area contributed by atoms with Crippen LogP contribution in [-0.2, 0) is 15.0 Å². The van der Waals surface area contributed by atoms with Crippen molar-refractivity contribution in [1.29, 1.82) is 0 Å². The molecule has 5 nitrogen and oxygen atoms in total. The van der Waals surface area contributed by atoms with Gasteiger partial charge in [0.15, 0.2) is 0 Å². The molecular weight excluding hydrogens is 362 g/mol. The largest absolute Gasteiger partial charge is 0.508 e. The van der Waals surface area contributed by atoms with Gasteiger partial charge in [0, 0.05) is 4.90 Å². The summed E-state index contributed by atoms with van der Waals surface area (Å²) in [6.07, 6.45) is 1.74. The fraction of sp³-hybridized carbons (Fsp3) is 0.238. The maximum Gasteiger partial charge on any atom is 0.323 e. The molecule has 0 aliphatic carbocycles. The molecule has 27 heavy (non-hydrogen) atoms. The summed E-state index contributed by atoms with van der Waals surface area (Å²) in [4.78, 5) is 26.7. The summed E-state index contributed by atoms with van der Waals surface area (Å²) >= 11 is 1.32. The highest BCUT2D eigenvalue weighted by Crippen LogP contribution is 2.42. The minimum absolute atomic E-state index is 0.213. The van der Waals surface area contributed by atoms with Crippen molar-refractivity contribution in [3.8, 4) is 5.75 Å². The number of carboxylic acid groups (broad SMARTS) is 1. The van der Waals surface area contributed by atoms with Gasteiger partial charge in [-0.25, -0.2) is 0 Å². The van der Waals surface area contributed by atoms with E-state index >= 15 is 0 Å². The van der Waals surface area contributed by atoms with Gasteiger partial charge in [-0.3, -0.25) is 14.5 Å². The zero-order valence-electron chi connectivity index (χ0n) is 15.4. The number of anilines is 1. The van der Waals surface area contributed by atoms with Crippen LogP contribution in [0.1, 0.15) is 31.9 Å². The number of benzene rings is 2. The third-order valence-corrected chi connectivity index (χ3v) is 5.33.